The minimum absolute atomic E-state index is 0.0537. The van der Waals surface area contributed by atoms with Crippen LogP contribution in [0, 0.1) is 11.8 Å². The molecule has 21 heavy (non-hydrogen) atoms. The molecular weight excluding hydrogens is 264 g/mol. The first-order valence-corrected chi connectivity index (χ1v) is 6.61. The summed E-state index contributed by atoms with van der Waals surface area (Å²) in [6.07, 6.45) is 3.19. The van der Waals surface area contributed by atoms with Crippen LogP contribution in [0.1, 0.15) is 21.6 Å². The van der Waals surface area contributed by atoms with Gasteiger partial charge in [0.15, 0.2) is 0 Å². The van der Waals surface area contributed by atoms with Gasteiger partial charge in [0.1, 0.15) is 5.69 Å². The zero-order valence-corrected chi connectivity index (χ0v) is 12.2. The van der Waals surface area contributed by atoms with Crippen LogP contribution in [-0.2, 0) is 13.6 Å². The van der Waals surface area contributed by atoms with E-state index in [1.54, 1.807) is 36.1 Å². The minimum atomic E-state index is -0.0537. The molecule has 0 radical (unpaired) electrons. The van der Waals surface area contributed by atoms with Gasteiger partial charge in [-0.05, 0) is 17.7 Å². The van der Waals surface area contributed by atoms with Gasteiger partial charge in [0, 0.05) is 26.2 Å². The summed E-state index contributed by atoms with van der Waals surface area (Å²) in [5.41, 5.74) is 7.88. The summed E-state index contributed by atoms with van der Waals surface area (Å²) in [6, 6.07) is 7.79. The highest BCUT2D eigenvalue weighted by atomic mass is 16.2. The van der Waals surface area contributed by atoms with E-state index in [9.17, 15) is 4.79 Å². The summed E-state index contributed by atoms with van der Waals surface area (Å²) < 4.78 is 1.71. The number of imidazole rings is 1. The number of carbonyl (C=O) groups is 1. The van der Waals surface area contributed by atoms with E-state index in [1.165, 1.54) is 0 Å². The second kappa shape index (κ2) is 6.73. The zero-order valence-electron chi connectivity index (χ0n) is 12.2. The Morgan fingerprint density at radius 1 is 1.38 bits per heavy atom. The molecule has 1 aromatic carbocycles. The van der Waals surface area contributed by atoms with Gasteiger partial charge in [-0.25, -0.2) is 4.98 Å². The van der Waals surface area contributed by atoms with Gasteiger partial charge in [0.05, 0.1) is 19.1 Å². The van der Waals surface area contributed by atoms with Crippen molar-refractivity contribution in [3.8, 4) is 11.8 Å². The largest absolute Gasteiger partial charge is 0.336 e. The highest BCUT2D eigenvalue weighted by Crippen LogP contribution is 2.09. The van der Waals surface area contributed by atoms with Crippen LogP contribution in [0.5, 0.6) is 0 Å². The maximum absolute atomic E-state index is 12.3. The van der Waals surface area contributed by atoms with E-state index in [0.717, 1.165) is 11.1 Å². The molecule has 2 N–H and O–H groups in total. The molecule has 1 aromatic heterocycles. The second-order valence-corrected chi connectivity index (χ2v) is 4.75. The number of benzene rings is 1. The van der Waals surface area contributed by atoms with Crippen molar-refractivity contribution in [2.45, 2.75) is 6.54 Å². The number of hydrogen-bond donors (Lipinski definition) is 1. The molecule has 0 spiro atoms. The lowest BCUT2D eigenvalue weighted by Gasteiger charge is -2.17. The van der Waals surface area contributed by atoms with Crippen LogP contribution in [0.4, 0.5) is 0 Å². The predicted octanol–water partition coefficient (Wildman–Crippen LogP) is 1.00. The third kappa shape index (κ3) is 3.71. The average molecular weight is 282 g/mol. The maximum atomic E-state index is 12.3. The molecule has 5 nitrogen and oxygen atoms in total. The topological polar surface area (TPSA) is 64.2 Å². The quantitative estimate of drug-likeness (QED) is 0.854. The van der Waals surface area contributed by atoms with Crippen molar-refractivity contribution in [3.63, 3.8) is 0 Å². The molecule has 0 fully saturated rings. The predicted molar refractivity (Wildman–Crippen MR) is 81.4 cm³/mol. The van der Waals surface area contributed by atoms with Gasteiger partial charge in [-0.2, -0.15) is 0 Å². The van der Waals surface area contributed by atoms with Crippen LogP contribution in [0.15, 0.2) is 36.8 Å². The molecule has 2 rings (SSSR count). The summed E-state index contributed by atoms with van der Waals surface area (Å²) in [4.78, 5) is 17.9. The molecule has 108 valence electrons. The molecule has 0 bridgehead atoms. The molecule has 0 saturated carbocycles. The van der Waals surface area contributed by atoms with Crippen molar-refractivity contribution in [3.05, 3.63) is 53.6 Å². The number of hydrogen-bond acceptors (Lipinski definition) is 3. The molecule has 0 aliphatic heterocycles. The van der Waals surface area contributed by atoms with Gasteiger partial charge in [-0.3, -0.25) is 4.79 Å². The van der Waals surface area contributed by atoms with Crippen LogP contribution < -0.4 is 5.73 Å². The van der Waals surface area contributed by atoms with Crippen molar-refractivity contribution >= 4 is 5.91 Å². The minimum Gasteiger partial charge on any atom is -0.336 e. The van der Waals surface area contributed by atoms with E-state index >= 15 is 0 Å². The van der Waals surface area contributed by atoms with Gasteiger partial charge >= 0.3 is 0 Å². The fourth-order valence-electron chi connectivity index (χ4n) is 1.95. The van der Waals surface area contributed by atoms with Crippen LogP contribution in [0.25, 0.3) is 0 Å². The van der Waals surface area contributed by atoms with E-state index in [0.29, 0.717) is 18.8 Å². The van der Waals surface area contributed by atoms with Crippen molar-refractivity contribution < 1.29 is 4.79 Å². The Kier molecular flexibility index (Phi) is 4.75. The number of rotatable bonds is 3. The van der Waals surface area contributed by atoms with E-state index < -0.39 is 0 Å². The molecule has 0 saturated heterocycles. The van der Waals surface area contributed by atoms with Crippen LogP contribution in [0.2, 0.25) is 0 Å². The SMILES string of the molecule is CN(Cc1ccc(C#CCN)cc1)C(=O)c1cncn1C. The first-order chi connectivity index (χ1) is 10.1. The van der Waals surface area contributed by atoms with E-state index in [-0.39, 0.29) is 5.91 Å². The highest BCUT2D eigenvalue weighted by molar-refractivity contribution is 5.92. The summed E-state index contributed by atoms with van der Waals surface area (Å²) in [7, 11) is 3.58. The number of aromatic nitrogens is 2. The van der Waals surface area contributed by atoms with Crippen molar-refractivity contribution in [1.29, 1.82) is 0 Å². The molecular formula is C16H18N4O. The number of nitrogens with zero attached hydrogens (tertiary/aromatic N) is 3. The monoisotopic (exact) mass is 282 g/mol. The molecule has 0 atom stereocenters. The highest BCUT2D eigenvalue weighted by Gasteiger charge is 2.15. The molecule has 0 aliphatic rings. The van der Waals surface area contributed by atoms with Crippen LogP contribution >= 0.6 is 0 Å². The third-order valence-corrected chi connectivity index (χ3v) is 3.09. The van der Waals surface area contributed by atoms with Gasteiger partial charge in [0.2, 0.25) is 0 Å². The standard InChI is InChI=1S/C16H18N4O/c1-19(16(21)15-10-18-12-20(15)2)11-14-7-5-13(6-8-14)4-3-9-17/h5-8,10,12H,9,11,17H2,1-2H3. The van der Waals surface area contributed by atoms with Crippen molar-refractivity contribution in [2.24, 2.45) is 12.8 Å². The fraction of sp³-hybridized carbons (Fsp3) is 0.250. The van der Waals surface area contributed by atoms with Gasteiger partial charge in [-0.15, -0.1) is 0 Å². The first kappa shape index (κ1) is 14.8. The van der Waals surface area contributed by atoms with E-state index in [4.69, 9.17) is 5.73 Å². The summed E-state index contributed by atoms with van der Waals surface area (Å²) in [5.74, 6) is 5.73. The zero-order chi connectivity index (χ0) is 15.2. The van der Waals surface area contributed by atoms with Crippen LogP contribution in [0.3, 0.4) is 0 Å². The smallest absolute Gasteiger partial charge is 0.272 e. The average Bonchev–Trinajstić information content (AvgIpc) is 2.92. The molecule has 0 aliphatic carbocycles. The lowest BCUT2D eigenvalue weighted by molar-refractivity contribution is 0.0775. The lowest BCUT2D eigenvalue weighted by Crippen LogP contribution is -2.27. The lowest BCUT2D eigenvalue weighted by atomic mass is 10.1. The third-order valence-electron chi connectivity index (χ3n) is 3.09. The molecule has 0 unspecified atom stereocenters. The fourth-order valence-corrected chi connectivity index (χ4v) is 1.95. The van der Waals surface area contributed by atoms with Gasteiger partial charge in [0.25, 0.3) is 5.91 Å². The maximum Gasteiger partial charge on any atom is 0.272 e. The normalized spacial score (nSPS) is 9.86. The van der Waals surface area contributed by atoms with E-state index in [1.807, 2.05) is 24.3 Å². The molecule has 2 aromatic rings. The summed E-state index contributed by atoms with van der Waals surface area (Å²) in [6.45, 7) is 0.887. The number of carbonyl (C=O) groups excluding carboxylic acids is 1. The Morgan fingerprint density at radius 2 is 2.10 bits per heavy atom. The van der Waals surface area contributed by atoms with Crippen molar-refractivity contribution in [2.75, 3.05) is 13.6 Å². The molecule has 5 heteroatoms. The van der Waals surface area contributed by atoms with Gasteiger partial charge in [-0.1, -0.05) is 24.0 Å². The Balaban J connectivity index is 2.04. The number of amides is 1. The van der Waals surface area contributed by atoms with Crippen molar-refractivity contribution in [1.82, 2.24) is 14.5 Å². The van der Waals surface area contributed by atoms with Gasteiger partial charge < -0.3 is 15.2 Å². The summed E-state index contributed by atoms with van der Waals surface area (Å²) in [5, 5.41) is 0. The Bertz CT molecular complexity index is 676. The van der Waals surface area contributed by atoms with E-state index in [2.05, 4.69) is 16.8 Å². The number of nitrogens with two attached hydrogens (primary N) is 1. The molecule has 1 amide bonds. The summed E-state index contributed by atoms with van der Waals surface area (Å²) >= 11 is 0. The second-order valence-electron chi connectivity index (χ2n) is 4.75. The first-order valence-electron chi connectivity index (χ1n) is 6.61. The number of aryl methyl sites for hydroxylation is 1. The van der Waals surface area contributed by atoms with Crippen LogP contribution in [-0.4, -0.2) is 34.0 Å². The Labute approximate surface area is 124 Å². The Morgan fingerprint density at radius 3 is 2.67 bits per heavy atom. The molecule has 1 heterocycles. The Hall–Kier alpha value is -2.58.